The third-order valence-electron chi connectivity index (χ3n) is 3.60. The van der Waals surface area contributed by atoms with E-state index in [0.29, 0.717) is 12.4 Å². The lowest BCUT2D eigenvalue weighted by molar-refractivity contribution is -0.141. The first-order valence-electron chi connectivity index (χ1n) is 7.91. The van der Waals surface area contributed by atoms with Crippen molar-refractivity contribution < 1.29 is 17.9 Å². The van der Waals surface area contributed by atoms with Crippen LogP contribution in [0.15, 0.2) is 60.9 Å². The topological polar surface area (TPSA) is 47.0 Å². The molecule has 4 nitrogen and oxygen atoms in total. The molecule has 0 unspecified atom stereocenters. The molecule has 2 aromatic heterocycles. The summed E-state index contributed by atoms with van der Waals surface area (Å²) in [7, 11) is 0. The predicted octanol–water partition coefficient (Wildman–Crippen LogP) is 5.06. The summed E-state index contributed by atoms with van der Waals surface area (Å²) < 4.78 is 43.4. The summed E-state index contributed by atoms with van der Waals surface area (Å²) in [5, 5.41) is 4.13. The second kappa shape index (κ2) is 7.43. The molecule has 26 heavy (non-hydrogen) atoms. The smallest absolute Gasteiger partial charge is 0.433 e. The minimum Gasteiger partial charge on any atom is -0.437 e. The van der Waals surface area contributed by atoms with Crippen molar-refractivity contribution in [3.8, 4) is 11.6 Å². The fourth-order valence-electron chi connectivity index (χ4n) is 2.43. The van der Waals surface area contributed by atoms with E-state index >= 15 is 0 Å². The number of nitrogens with zero attached hydrogens (tertiary/aromatic N) is 2. The molecule has 0 spiro atoms. The second-order valence-corrected chi connectivity index (χ2v) is 5.50. The van der Waals surface area contributed by atoms with Gasteiger partial charge in [-0.2, -0.15) is 13.2 Å². The molecule has 7 heteroatoms. The van der Waals surface area contributed by atoms with Crippen molar-refractivity contribution in [3.05, 3.63) is 72.2 Å². The Bertz CT molecular complexity index is 921. The van der Waals surface area contributed by atoms with E-state index in [1.54, 1.807) is 6.07 Å². The summed E-state index contributed by atoms with van der Waals surface area (Å²) in [5.41, 5.74) is 0.735. The van der Waals surface area contributed by atoms with E-state index < -0.39 is 11.9 Å². The third kappa shape index (κ3) is 4.11. The van der Waals surface area contributed by atoms with E-state index in [1.165, 1.54) is 6.07 Å². The van der Waals surface area contributed by atoms with Gasteiger partial charge in [0.25, 0.3) is 0 Å². The Balaban J connectivity index is 1.89. The Kier molecular flexibility index (Phi) is 5.06. The van der Waals surface area contributed by atoms with Crippen molar-refractivity contribution in [1.82, 2.24) is 15.3 Å². The van der Waals surface area contributed by atoms with E-state index in [1.807, 2.05) is 43.5 Å². The molecule has 0 aliphatic heterocycles. The molecular formula is C19H16F3N3O. The first-order chi connectivity index (χ1) is 12.5. The lowest BCUT2D eigenvalue weighted by Crippen LogP contribution is -2.07. The third-order valence-corrected chi connectivity index (χ3v) is 3.60. The number of rotatable bonds is 5. The Morgan fingerprint density at radius 3 is 2.65 bits per heavy atom. The maximum absolute atomic E-state index is 12.6. The van der Waals surface area contributed by atoms with E-state index in [2.05, 4.69) is 15.3 Å². The van der Waals surface area contributed by atoms with Gasteiger partial charge in [0.05, 0.1) is 11.7 Å². The first-order valence-corrected chi connectivity index (χ1v) is 7.91. The lowest BCUT2D eigenvalue weighted by Gasteiger charge is -2.11. The fraction of sp³-hybridized carbons (Fsp3) is 0.158. The highest BCUT2D eigenvalue weighted by atomic mass is 19.4. The summed E-state index contributed by atoms with van der Waals surface area (Å²) in [5.74, 6) is 0.482. The minimum absolute atomic E-state index is 0.188. The highest BCUT2D eigenvalue weighted by Crippen LogP contribution is 2.30. The fourth-order valence-corrected chi connectivity index (χ4v) is 2.43. The molecule has 134 valence electrons. The van der Waals surface area contributed by atoms with Crippen LogP contribution in [0.3, 0.4) is 0 Å². The molecule has 0 saturated carbocycles. The molecule has 0 fully saturated rings. The van der Waals surface area contributed by atoms with Crippen molar-refractivity contribution in [1.29, 1.82) is 0 Å². The quantitative estimate of drug-likeness (QED) is 0.691. The zero-order valence-electron chi connectivity index (χ0n) is 13.9. The Labute approximate surface area is 148 Å². The van der Waals surface area contributed by atoms with Crippen LogP contribution in [0.4, 0.5) is 13.2 Å². The van der Waals surface area contributed by atoms with Crippen LogP contribution in [0.1, 0.15) is 18.2 Å². The van der Waals surface area contributed by atoms with Crippen LogP contribution in [0.5, 0.6) is 11.6 Å². The number of para-hydroxylation sites is 1. The van der Waals surface area contributed by atoms with E-state index in [4.69, 9.17) is 4.74 Å². The molecule has 0 aliphatic carbocycles. The first kappa shape index (κ1) is 17.7. The van der Waals surface area contributed by atoms with Gasteiger partial charge in [-0.15, -0.1) is 0 Å². The number of ether oxygens (including phenoxy) is 1. The maximum atomic E-state index is 12.6. The number of hydrogen-bond acceptors (Lipinski definition) is 4. The van der Waals surface area contributed by atoms with Crippen LogP contribution in [-0.2, 0) is 12.7 Å². The molecule has 1 N–H and O–H groups in total. The molecule has 0 atom stereocenters. The van der Waals surface area contributed by atoms with E-state index in [-0.39, 0.29) is 5.75 Å². The number of halogens is 3. The number of hydrogen-bond donors (Lipinski definition) is 1. The Hall–Kier alpha value is -3.09. The minimum atomic E-state index is -4.48. The summed E-state index contributed by atoms with van der Waals surface area (Å²) in [4.78, 5) is 7.80. The number of pyridine rings is 2. The molecule has 0 radical (unpaired) electrons. The summed E-state index contributed by atoms with van der Waals surface area (Å²) >= 11 is 0. The van der Waals surface area contributed by atoms with Gasteiger partial charge < -0.3 is 10.1 Å². The molecular weight excluding hydrogens is 343 g/mol. The number of allylic oxidation sites excluding steroid dienone is 1. The highest BCUT2D eigenvalue weighted by Gasteiger charge is 2.32. The van der Waals surface area contributed by atoms with Crippen LogP contribution >= 0.6 is 0 Å². The molecule has 0 amide bonds. The van der Waals surface area contributed by atoms with E-state index in [9.17, 15) is 13.2 Å². The average molecular weight is 359 g/mol. The van der Waals surface area contributed by atoms with Gasteiger partial charge in [-0.05, 0) is 36.9 Å². The number of alkyl halides is 3. The summed E-state index contributed by atoms with van der Waals surface area (Å²) in [6, 6.07) is 11.5. The van der Waals surface area contributed by atoms with Crippen molar-refractivity contribution in [3.63, 3.8) is 0 Å². The van der Waals surface area contributed by atoms with E-state index in [0.717, 1.165) is 28.7 Å². The van der Waals surface area contributed by atoms with Gasteiger partial charge in [-0.1, -0.05) is 24.3 Å². The standard InChI is InChI=1S/C19H16F3N3O/c1-2-9-23-11-13-10-18(25-16-6-4-3-5-15(13)16)26-14-7-8-17(24-12-14)19(20,21)22/h2-10,12,23H,11H2,1H3. The highest BCUT2D eigenvalue weighted by molar-refractivity contribution is 5.82. The maximum Gasteiger partial charge on any atom is 0.433 e. The Morgan fingerprint density at radius 2 is 1.96 bits per heavy atom. The van der Waals surface area contributed by atoms with Gasteiger partial charge in [0.2, 0.25) is 5.88 Å². The van der Waals surface area contributed by atoms with Crippen LogP contribution in [0.25, 0.3) is 10.9 Å². The van der Waals surface area contributed by atoms with Crippen molar-refractivity contribution >= 4 is 10.9 Å². The predicted molar refractivity (Wildman–Crippen MR) is 92.7 cm³/mol. The van der Waals surface area contributed by atoms with Gasteiger partial charge in [-0.3, -0.25) is 0 Å². The average Bonchev–Trinajstić information content (AvgIpc) is 2.61. The summed E-state index contributed by atoms with van der Waals surface area (Å²) in [6.07, 6.45) is 0.271. The lowest BCUT2D eigenvalue weighted by atomic mass is 10.1. The second-order valence-electron chi connectivity index (χ2n) is 5.50. The molecule has 3 rings (SSSR count). The number of fused-ring (bicyclic) bond motifs is 1. The van der Waals surface area contributed by atoms with Crippen molar-refractivity contribution in [2.24, 2.45) is 0 Å². The van der Waals surface area contributed by atoms with Gasteiger partial charge in [0.15, 0.2) is 0 Å². The van der Waals surface area contributed by atoms with Gasteiger partial charge in [0.1, 0.15) is 11.4 Å². The normalized spacial score (nSPS) is 11.8. The van der Waals surface area contributed by atoms with Gasteiger partial charge in [0, 0.05) is 18.0 Å². The number of nitrogens with one attached hydrogen (secondary N) is 1. The van der Waals surface area contributed by atoms with Gasteiger partial charge in [-0.25, -0.2) is 9.97 Å². The molecule has 0 bridgehead atoms. The van der Waals surface area contributed by atoms with Crippen LogP contribution in [0, 0.1) is 0 Å². The van der Waals surface area contributed by atoms with Crippen LogP contribution in [-0.4, -0.2) is 9.97 Å². The number of aromatic nitrogens is 2. The summed E-state index contributed by atoms with van der Waals surface area (Å²) in [6.45, 7) is 2.47. The SMILES string of the molecule is CC=CNCc1cc(Oc2ccc(C(F)(F)F)nc2)nc2ccccc12. The molecule has 1 aromatic carbocycles. The monoisotopic (exact) mass is 359 g/mol. The zero-order chi connectivity index (χ0) is 18.6. The Morgan fingerprint density at radius 1 is 1.15 bits per heavy atom. The zero-order valence-corrected chi connectivity index (χ0v) is 13.9. The molecule has 0 saturated heterocycles. The molecule has 2 heterocycles. The van der Waals surface area contributed by atoms with Crippen LogP contribution in [0.2, 0.25) is 0 Å². The van der Waals surface area contributed by atoms with Crippen molar-refractivity contribution in [2.75, 3.05) is 0 Å². The van der Waals surface area contributed by atoms with Gasteiger partial charge >= 0.3 is 6.18 Å². The van der Waals surface area contributed by atoms with Crippen molar-refractivity contribution in [2.45, 2.75) is 19.6 Å². The largest absolute Gasteiger partial charge is 0.437 e. The number of benzene rings is 1. The van der Waals surface area contributed by atoms with Crippen LogP contribution < -0.4 is 10.1 Å². The molecule has 0 aliphatic rings. The molecule has 3 aromatic rings.